The Morgan fingerprint density at radius 3 is 2.21 bits per heavy atom. The van der Waals surface area contributed by atoms with Gasteiger partial charge < -0.3 is 5.11 Å². The number of sulfonamides is 1. The van der Waals surface area contributed by atoms with Crippen LogP contribution in [0.3, 0.4) is 0 Å². The standard InChI is InChI=1S/C8H16FNO3S/c1-6(9)7(5-11)10-14(12,13)8(2,3)4/h7,10-11H,1,5H2,2-4H3. The van der Waals surface area contributed by atoms with Gasteiger partial charge in [-0.05, 0) is 20.8 Å². The highest BCUT2D eigenvalue weighted by atomic mass is 32.2. The predicted octanol–water partition coefficient (Wildman–Crippen LogP) is 0.548. The monoisotopic (exact) mass is 225 g/mol. The minimum Gasteiger partial charge on any atom is -0.394 e. The van der Waals surface area contributed by atoms with Gasteiger partial charge in [0.25, 0.3) is 0 Å². The minimum atomic E-state index is -3.66. The van der Waals surface area contributed by atoms with E-state index in [9.17, 15) is 12.8 Å². The fourth-order valence-electron chi connectivity index (χ4n) is 0.564. The molecule has 0 fully saturated rings. The molecular weight excluding hydrogens is 209 g/mol. The van der Waals surface area contributed by atoms with Crippen LogP contribution in [-0.4, -0.2) is 30.9 Å². The second-order valence-electron chi connectivity index (χ2n) is 3.92. The number of nitrogens with one attached hydrogen (secondary N) is 1. The molecule has 0 bridgehead atoms. The second kappa shape index (κ2) is 4.37. The van der Waals surface area contributed by atoms with Crippen molar-refractivity contribution in [2.24, 2.45) is 0 Å². The van der Waals surface area contributed by atoms with E-state index in [1.165, 1.54) is 20.8 Å². The van der Waals surface area contributed by atoms with Gasteiger partial charge in [-0.25, -0.2) is 17.5 Å². The van der Waals surface area contributed by atoms with Crippen molar-refractivity contribution in [2.45, 2.75) is 31.6 Å². The molecule has 0 saturated carbocycles. The zero-order chi connectivity index (χ0) is 11.6. The highest BCUT2D eigenvalue weighted by Crippen LogP contribution is 2.15. The molecule has 84 valence electrons. The van der Waals surface area contributed by atoms with Crippen LogP contribution in [0.2, 0.25) is 0 Å². The third-order valence-corrected chi connectivity index (χ3v) is 3.87. The maximum absolute atomic E-state index is 12.6. The average molecular weight is 225 g/mol. The Morgan fingerprint density at radius 2 is 2.00 bits per heavy atom. The third kappa shape index (κ3) is 3.36. The molecule has 4 nitrogen and oxygen atoms in total. The molecule has 0 aromatic carbocycles. The summed E-state index contributed by atoms with van der Waals surface area (Å²) in [5.41, 5.74) is 0. The van der Waals surface area contributed by atoms with Crippen LogP contribution in [0.25, 0.3) is 0 Å². The van der Waals surface area contributed by atoms with Gasteiger partial charge in [0, 0.05) is 0 Å². The highest BCUT2D eigenvalue weighted by Gasteiger charge is 2.31. The fraction of sp³-hybridized carbons (Fsp3) is 0.750. The lowest BCUT2D eigenvalue weighted by molar-refractivity contribution is 0.257. The van der Waals surface area contributed by atoms with Crippen LogP contribution >= 0.6 is 0 Å². The van der Waals surface area contributed by atoms with Crippen molar-refractivity contribution in [2.75, 3.05) is 6.61 Å². The lowest BCUT2D eigenvalue weighted by Crippen LogP contribution is -2.46. The molecule has 0 aliphatic heterocycles. The first kappa shape index (κ1) is 13.5. The molecule has 14 heavy (non-hydrogen) atoms. The molecule has 0 radical (unpaired) electrons. The Bertz CT molecular complexity index is 305. The summed E-state index contributed by atoms with van der Waals surface area (Å²) < 4.78 is 36.6. The van der Waals surface area contributed by atoms with E-state index in [0.717, 1.165) is 0 Å². The van der Waals surface area contributed by atoms with Crippen molar-refractivity contribution in [3.05, 3.63) is 12.4 Å². The quantitative estimate of drug-likeness (QED) is 0.734. The first-order chi connectivity index (χ1) is 6.12. The van der Waals surface area contributed by atoms with Gasteiger partial charge in [0.1, 0.15) is 5.83 Å². The minimum absolute atomic E-state index is 0.648. The summed E-state index contributed by atoms with van der Waals surface area (Å²) in [6, 6.07) is -1.26. The van der Waals surface area contributed by atoms with E-state index in [-0.39, 0.29) is 0 Å². The number of hydrogen-bond donors (Lipinski definition) is 2. The summed E-state index contributed by atoms with van der Waals surface area (Å²) in [7, 11) is -3.66. The van der Waals surface area contributed by atoms with E-state index in [2.05, 4.69) is 6.58 Å². The number of aliphatic hydroxyl groups excluding tert-OH is 1. The fourth-order valence-corrected chi connectivity index (χ4v) is 1.49. The van der Waals surface area contributed by atoms with Crippen LogP contribution in [-0.2, 0) is 10.0 Å². The summed E-state index contributed by atoms with van der Waals surface area (Å²) in [6.45, 7) is 6.72. The SMILES string of the molecule is C=C(F)C(CO)NS(=O)(=O)C(C)(C)C. The van der Waals surface area contributed by atoms with E-state index in [4.69, 9.17) is 5.11 Å². The van der Waals surface area contributed by atoms with Crippen molar-refractivity contribution < 1.29 is 17.9 Å². The number of halogens is 1. The first-order valence-electron chi connectivity index (χ1n) is 4.09. The number of hydrogen-bond acceptors (Lipinski definition) is 3. The third-order valence-electron chi connectivity index (χ3n) is 1.66. The normalized spacial score (nSPS) is 15.2. The van der Waals surface area contributed by atoms with Gasteiger partial charge in [-0.15, -0.1) is 0 Å². The van der Waals surface area contributed by atoms with Gasteiger partial charge in [0.05, 0.1) is 17.4 Å². The molecule has 1 atom stereocenters. The Balaban J connectivity index is 4.75. The molecule has 0 amide bonds. The number of aliphatic hydroxyl groups is 1. The van der Waals surface area contributed by atoms with Crippen molar-refractivity contribution >= 4 is 10.0 Å². The zero-order valence-electron chi connectivity index (χ0n) is 8.54. The molecule has 0 aliphatic rings. The van der Waals surface area contributed by atoms with Gasteiger partial charge in [-0.1, -0.05) is 6.58 Å². The topological polar surface area (TPSA) is 66.4 Å². The smallest absolute Gasteiger partial charge is 0.217 e. The highest BCUT2D eigenvalue weighted by molar-refractivity contribution is 7.90. The van der Waals surface area contributed by atoms with Crippen molar-refractivity contribution in [1.29, 1.82) is 0 Å². The molecule has 0 heterocycles. The van der Waals surface area contributed by atoms with E-state index in [0.29, 0.717) is 0 Å². The van der Waals surface area contributed by atoms with Crippen molar-refractivity contribution in [3.8, 4) is 0 Å². The Kier molecular flexibility index (Phi) is 4.23. The van der Waals surface area contributed by atoms with Crippen molar-refractivity contribution in [1.82, 2.24) is 4.72 Å². The van der Waals surface area contributed by atoms with Crippen LogP contribution in [0.4, 0.5) is 4.39 Å². The van der Waals surface area contributed by atoms with E-state index in [1.54, 1.807) is 0 Å². The van der Waals surface area contributed by atoms with Gasteiger partial charge >= 0.3 is 0 Å². The Hall–Kier alpha value is -0.460. The number of rotatable bonds is 4. The molecule has 0 rings (SSSR count). The molecule has 0 saturated heterocycles. The lowest BCUT2D eigenvalue weighted by atomic mass is 10.3. The van der Waals surface area contributed by atoms with Gasteiger partial charge in [-0.2, -0.15) is 0 Å². The maximum Gasteiger partial charge on any atom is 0.217 e. The summed E-state index contributed by atoms with van der Waals surface area (Å²) in [4.78, 5) is 0. The van der Waals surface area contributed by atoms with E-state index < -0.39 is 33.2 Å². The van der Waals surface area contributed by atoms with E-state index >= 15 is 0 Å². The van der Waals surface area contributed by atoms with Crippen LogP contribution < -0.4 is 4.72 Å². The summed E-state index contributed by atoms with van der Waals surface area (Å²) in [5, 5.41) is 8.70. The largest absolute Gasteiger partial charge is 0.394 e. The molecular formula is C8H16FNO3S. The second-order valence-corrected chi connectivity index (χ2v) is 6.38. The first-order valence-corrected chi connectivity index (χ1v) is 5.57. The van der Waals surface area contributed by atoms with Crippen LogP contribution in [0, 0.1) is 0 Å². The Morgan fingerprint density at radius 1 is 1.57 bits per heavy atom. The zero-order valence-corrected chi connectivity index (χ0v) is 9.36. The maximum atomic E-state index is 12.6. The summed E-state index contributed by atoms with van der Waals surface area (Å²) >= 11 is 0. The molecule has 2 N–H and O–H groups in total. The Labute approximate surface area is 83.9 Å². The molecule has 0 spiro atoms. The molecule has 6 heteroatoms. The summed E-state index contributed by atoms with van der Waals surface area (Å²) in [5.74, 6) is -0.902. The van der Waals surface area contributed by atoms with Crippen LogP contribution in [0.5, 0.6) is 0 Å². The average Bonchev–Trinajstić information content (AvgIpc) is 1.97. The van der Waals surface area contributed by atoms with Gasteiger partial charge in [0.2, 0.25) is 10.0 Å². The molecule has 0 aliphatic carbocycles. The van der Waals surface area contributed by atoms with Gasteiger partial charge in [-0.3, -0.25) is 0 Å². The van der Waals surface area contributed by atoms with Gasteiger partial charge in [0.15, 0.2) is 0 Å². The lowest BCUT2D eigenvalue weighted by Gasteiger charge is -2.23. The molecule has 0 aromatic rings. The summed E-state index contributed by atoms with van der Waals surface area (Å²) in [6.07, 6.45) is 0. The molecule has 1 unspecified atom stereocenters. The van der Waals surface area contributed by atoms with E-state index in [1.807, 2.05) is 4.72 Å². The molecule has 0 aromatic heterocycles. The predicted molar refractivity (Wildman–Crippen MR) is 52.9 cm³/mol. The van der Waals surface area contributed by atoms with Crippen LogP contribution in [0.1, 0.15) is 20.8 Å². The van der Waals surface area contributed by atoms with Crippen LogP contribution in [0.15, 0.2) is 12.4 Å². The van der Waals surface area contributed by atoms with Crippen molar-refractivity contribution in [3.63, 3.8) is 0 Å².